The molecule has 2 aromatic heterocycles. The van der Waals surface area contributed by atoms with Crippen LogP contribution in [0.4, 0.5) is 5.95 Å². The highest BCUT2D eigenvalue weighted by Gasteiger charge is 2.32. The monoisotopic (exact) mass is 310 g/mol. The van der Waals surface area contributed by atoms with Crippen LogP contribution >= 0.6 is 0 Å². The van der Waals surface area contributed by atoms with Crippen LogP contribution in [0.1, 0.15) is 20.3 Å². The van der Waals surface area contributed by atoms with E-state index in [-0.39, 0.29) is 5.03 Å². The van der Waals surface area contributed by atoms with Crippen molar-refractivity contribution in [1.82, 2.24) is 24.3 Å². The van der Waals surface area contributed by atoms with E-state index in [0.29, 0.717) is 31.4 Å². The number of rotatable bonds is 4. The second-order valence-corrected chi connectivity index (χ2v) is 7.33. The fraction of sp³-hybridized carbons (Fsp3) is 0.583. The van der Waals surface area contributed by atoms with E-state index in [4.69, 9.17) is 0 Å². The zero-order chi connectivity index (χ0) is 15.0. The lowest BCUT2D eigenvalue weighted by molar-refractivity contribution is 0.520. The third kappa shape index (κ3) is 2.53. The topological polar surface area (TPSA) is 85.9 Å². The summed E-state index contributed by atoms with van der Waals surface area (Å²) in [6.45, 7) is 5.96. The minimum atomic E-state index is -3.68. The molecule has 1 aliphatic heterocycles. The van der Waals surface area contributed by atoms with Crippen molar-refractivity contribution in [2.75, 3.05) is 10.8 Å². The van der Waals surface area contributed by atoms with E-state index in [0.717, 1.165) is 6.54 Å². The number of sulfonamides is 1. The molecule has 0 bridgehead atoms. The van der Waals surface area contributed by atoms with Gasteiger partial charge in [0.1, 0.15) is 6.33 Å². The third-order valence-corrected chi connectivity index (χ3v) is 4.95. The fourth-order valence-corrected chi connectivity index (χ4v) is 3.81. The maximum absolute atomic E-state index is 12.7. The van der Waals surface area contributed by atoms with Crippen LogP contribution in [0.15, 0.2) is 23.9 Å². The Morgan fingerprint density at radius 2 is 2.10 bits per heavy atom. The fourth-order valence-electron chi connectivity index (χ4n) is 2.41. The van der Waals surface area contributed by atoms with Crippen molar-refractivity contribution in [1.29, 1.82) is 0 Å². The molecule has 1 aliphatic rings. The molecule has 8 nitrogen and oxygen atoms in total. The molecule has 0 radical (unpaired) electrons. The molecule has 114 valence electrons. The number of aromatic nitrogens is 5. The molecule has 0 saturated heterocycles. The molecule has 0 N–H and O–H groups in total. The number of hydrogen-bond donors (Lipinski definition) is 0. The zero-order valence-electron chi connectivity index (χ0n) is 12.0. The SMILES string of the molecule is CC(C)Cn1cnc(S(=O)(=O)N2CCCn3ncnc32)c1. The molecule has 9 heteroatoms. The van der Waals surface area contributed by atoms with E-state index in [1.807, 2.05) is 0 Å². The lowest BCUT2D eigenvalue weighted by Crippen LogP contribution is -2.38. The van der Waals surface area contributed by atoms with Crippen LogP contribution in [0.3, 0.4) is 0 Å². The highest BCUT2D eigenvalue weighted by molar-refractivity contribution is 7.92. The molecule has 0 spiro atoms. The first-order valence-corrected chi connectivity index (χ1v) is 8.35. The van der Waals surface area contributed by atoms with E-state index in [1.165, 1.54) is 10.6 Å². The summed E-state index contributed by atoms with van der Waals surface area (Å²) in [5, 5.41) is 4.09. The Hall–Kier alpha value is -1.90. The second kappa shape index (κ2) is 5.14. The molecular weight excluding hydrogens is 292 g/mol. The number of imidazole rings is 1. The van der Waals surface area contributed by atoms with Gasteiger partial charge in [0.15, 0.2) is 5.03 Å². The summed E-state index contributed by atoms with van der Waals surface area (Å²) in [6.07, 6.45) is 5.22. The first kappa shape index (κ1) is 14.1. The standard InChI is InChI=1S/C12H18N6O2S/c1-10(2)6-16-7-11(14-9-16)21(19,20)18-5-3-4-17-12(18)13-8-15-17/h7-10H,3-6H2,1-2H3. The largest absolute Gasteiger partial charge is 0.336 e. The van der Waals surface area contributed by atoms with Crippen molar-refractivity contribution in [3.8, 4) is 0 Å². The molecule has 21 heavy (non-hydrogen) atoms. The first-order valence-electron chi connectivity index (χ1n) is 6.91. The average Bonchev–Trinajstić information content (AvgIpc) is 3.05. The van der Waals surface area contributed by atoms with Gasteiger partial charge in [0, 0.05) is 25.8 Å². The molecular formula is C12H18N6O2S. The van der Waals surface area contributed by atoms with Gasteiger partial charge in [-0.3, -0.25) is 0 Å². The van der Waals surface area contributed by atoms with Gasteiger partial charge in [0.25, 0.3) is 10.0 Å². The number of nitrogens with zero attached hydrogens (tertiary/aromatic N) is 6. The Morgan fingerprint density at radius 1 is 1.29 bits per heavy atom. The van der Waals surface area contributed by atoms with Gasteiger partial charge in [0.05, 0.1) is 6.33 Å². The second-order valence-electron chi connectivity index (χ2n) is 5.52. The highest BCUT2D eigenvalue weighted by atomic mass is 32.2. The molecule has 0 fully saturated rings. The summed E-state index contributed by atoms with van der Waals surface area (Å²) in [6, 6.07) is 0. The van der Waals surface area contributed by atoms with Gasteiger partial charge in [-0.05, 0) is 12.3 Å². The van der Waals surface area contributed by atoms with Crippen LogP contribution in [0, 0.1) is 5.92 Å². The summed E-state index contributed by atoms with van der Waals surface area (Å²) in [4.78, 5) is 8.10. The smallest absolute Gasteiger partial charge is 0.285 e. The highest BCUT2D eigenvalue weighted by Crippen LogP contribution is 2.24. The maximum atomic E-state index is 12.7. The summed E-state index contributed by atoms with van der Waals surface area (Å²) < 4.78 is 30.1. The Balaban J connectivity index is 1.93. The van der Waals surface area contributed by atoms with Crippen molar-refractivity contribution in [3.05, 3.63) is 18.9 Å². The van der Waals surface area contributed by atoms with Gasteiger partial charge in [-0.15, -0.1) is 0 Å². The Labute approximate surface area is 123 Å². The van der Waals surface area contributed by atoms with Crippen molar-refractivity contribution >= 4 is 16.0 Å². The Morgan fingerprint density at radius 3 is 2.86 bits per heavy atom. The molecule has 0 saturated carbocycles. The molecule has 0 unspecified atom stereocenters. The molecule has 3 heterocycles. The van der Waals surface area contributed by atoms with Crippen LogP contribution in [0.5, 0.6) is 0 Å². The molecule has 0 aliphatic carbocycles. The predicted molar refractivity (Wildman–Crippen MR) is 76.2 cm³/mol. The van der Waals surface area contributed by atoms with E-state index in [1.54, 1.807) is 21.8 Å². The number of aryl methyl sites for hydroxylation is 1. The predicted octanol–water partition coefficient (Wildman–Crippen LogP) is 0.730. The van der Waals surface area contributed by atoms with Crippen LogP contribution in [0.25, 0.3) is 0 Å². The van der Waals surface area contributed by atoms with Gasteiger partial charge in [-0.1, -0.05) is 13.8 Å². The van der Waals surface area contributed by atoms with Crippen LogP contribution < -0.4 is 4.31 Å². The van der Waals surface area contributed by atoms with E-state index < -0.39 is 10.0 Å². The zero-order valence-corrected chi connectivity index (χ0v) is 12.9. The summed E-state index contributed by atoms with van der Waals surface area (Å²) >= 11 is 0. The third-order valence-electron chi connectivity index (χ3n) is 3.29. The molecule has 0 amide bonds. The Kier molecular flexibility index (Phi) is 3.44. The van der Waals surface area contributed by atoms with Gasteiger partial charge in [-0.25, -0.2) is 14.0 Å². The van der Waals surface area contributed by atoms with E-state index in [9.17, 15) is 8.42 Å². The van der Waals surface area contributed by atoms with Gasteiger partial charge in [0.2, 0.25) is 5.95 Å². The van der Waals surface area contributed by atoms with Gasteiger partial charge in [-0.2, -0.15) is 18.5 Å². The molecule has 0 atom stereocenters. The lowest BCUT2D eigenvalue weighted by Gasteiger charge is -2.26. The van der Waals surface area contributed by atoms with E-state index >= 15 is 0 Å². The summed E-state index contributed by atoms with van der Waals surface area (Å²) in [7, 11) is -3.68. The van der Waals surface area contributed by atoms with E-state index in [2.05, 4.69) is 28.9 Å². The van der Waals surface area contributed by atoms with Crippen molar-refractivity contribution < 1.29 is 8.42 Å². The Bertz CT molecular complexity index is 733. The maximum Gasteiger partial charge on any atom is 0.285 e. The van der Waals surface area contributed by atoms with Gasteiger partial charge < -0.3 is 4.57 Å². The number of fused-ring (bicyclic) bond motifs is 1. The summed E-state index contributed by atoms with van der Waals surface area (Å²) in [5.41, 5.74) is 0. The van der Waals surface area contributed by atoms with Crippen LogP contribution in [-0.4, -0.2) is 39.3 Å². The number of anilines is 1. The van der Waals surface area contributed by atoms with Gasteiger partial charge >= 0.3 is 0 Å². The van der Waals surface area contributed by atoms with Crippen molar-refractivity contribution in [2.24, 2.45) is 5.92 Å². The van der Waals surface area contributed by atoms with Crippen molar-refractivity contribution in [2.45, 2.75) is 38.4 Å². The average molecular weight is 310 g/mol. The van der Waals surface area contributed by atoms with Crippen molar-refractivity contribution in [3.63, 3.8) is 0 Å². The molecule has 0 aromatic carbocycles. The van der Waals surface area contributed by atoms with Crippen LogP contribution in [-0.2, 0) is 23.1 Å². The number of hydrogen-bond acceptors (Lipinski definition) is 5. The molecule has 2 aromatic rings. The normalized spacial score (nSPS) is 15.5. The first-order chi connectivity index (χ1) is 9.98. The lowest BCUT2D eigenvalue weighted by atomic mass is 10.2. The minimum Gasteiger partial charge on any atom is -0.336 e. The quantitative estimate of drug-likeness (QED) is 0.831. The molecule has 3 rings (SSSR count). The van der Waals surface area contributed by atoms with Crippen LogP contribution in [0.2, 0.25) is 0 Å². The summed E-state index contributed by atoms with van der Waals surface area (Å²) in [5.74, 6) is 0.785. The minimum absolute atomic E-state index is 0.0552.